The summed E-state index contributed by atoms with van der Waals surface area (Å²) in [4.78, 5) is 15.6. The molecular weight excluding hydrogens is 626 g/mol. The van der Waals surface area contributed by atoms with Gasteiger partial charge in [-0.3, -0.25) is 0 Å². The molecule has 0 saturated carbocycles. The summed E-state index contributed by atoms with van der Waals surface area (Å²) in [6, 6.07) is 48.8. The molecule has 49 heavy (non-hydrogen) atoms. The molecule has 0 spiro atoms. The van der Waals surface area contributed by atoms with E-state index in [-0.39, 0.29) is 0 Å². The van der Waals surface area contributed by atoms with Crippen molar-refractivity contribution in [3.63, 3.8) is 0 Å². The fourth-order valence-electron chi connectivity index (χ4n) is 6.97. The van der Waals surface area contributed by atoms with Crippen LogP contribution in [0.1, 0.15) is 0 Å². The Balaban J connectivity index is 1.28. The average Bonchev–Trinajstić information content (AvgIpc) is 3.74. The van der Waals surface area contributed by atoms with Gasteiger partial charge in [-0.2, -0.15) is 0 Å². The van der Waals surface area contributed by atoms with Crippen molar-refractivity contribution in [2.75, 3.05) is 0 Å². The van der Waals surface area contributed by atoms with Crippen LogP contribution in [0.2, 0.25) is 5.02 Å². The van der Waals surface area contributed by atoms with E-state index in [1.165, 1.54) is 0 Å². The Labute approximate surface area is 285 Å². The van der Waals surface area contributed by atoms with E-state index in [1.54, 1.807) is 0 Å². The number of benzene rings is 7. The maximum absolute atomic E-state index is 6.54. The molecule has 3 heterocycles. The van der Waals surface area contributed by atoms with Crippen molar-refractivity contribution in [2.24, 2.45) is 0 Å². The predicted molar refractivity (Wildman–Crippen MR) is 199 cm³/mol. The quantitative estimate of drug-likeness (QED) is 0.190. The van der Waals surface area contributed by atoms with Gasteiger partial charge in [-0.1, -0.05) is 115 Å². The SMILES string of the molecule is Clc1ccc2ccc3oc4cccc(-c5nc(-c6cccc(-c7ccccc7)c6)nc(-c6cccc7oc8ccccc8c67)n5)c4c3c2c1. The van der Waals surface area contributed by atoms with Crippen LogP contribution in [0.15, 0.2) is 154 Å². The number of furan rings is 2. The summed E-state index contributed by atoms with van der Waals surface area (Å²) in [7, 11) is 0. The highest BCUT2D eigenvalue weighted by Gasteiger charge is 2.21. The molecule has 230 valence electrons. The van der Waals surface area contributed by atoms with Crippen molar-refractivity contribution in [1.82, 2.24) is 15.0 Å². The molecule has 0 aliphatic heterocycles. The highest BCUT2D eigenvalue weighted by molar-refractivity contribution is 6.32. The van der Waals surface area contributed by atoms with E-state index in [9.17, 15) is 0 Å². The monoisotopic (exact) mass is 649 g/mol. The van der Waals surface area contributed by atoms with Gasteiger partial charge in [0, 0.05) is 43.3 Å². The number of aromatic nitrogens is 3. The second-order valence-corrected chi connectivity index (χ2v) is 12.6. The van der Waals surface area contributed by atoms with Crippen molar-refractivity contribution in [3.8, 4) is 45.3 Å². The molecule has 0 unspecified atom stereocenters. The molecule has 10 rings (SSSR count). The van der Waals surface area contributed by atoms with Crippen molar-refractivity contribution < 1.29 is 8.83 Å². The second kappa shape index (κ2) is 10.9. The first-order valence-corrected chi connectivity index (χ1v) is 16.4. The van der Waals surface area contributed by atoms with Gasteiger partial charge >= 0.3 is 0 Å². The van der Waals surface area contributed by atoms with Crippen molar-refractivity contribution >= 4 is 66.3 Å². The number of halogens is 1. The fourth-order valence-corrected chi connectivity index (χ4v) is 7.14. The van der Waals surface area contributed by atoms with Gasteiger partial charge in [0.1, 0.15) is 22.3 Å². The smallest absolute Gasteiger partial charge is 0.164 e. The zero-order valence-corrected chi connectivity index (χ0v) is 26.6. The molecule has 0 amide bonds. The van der Waals surface area contributed by atoms with E-state index in [0.717, 1.165) is 82.5 Å². The zero-order valence-electron chi connectivity index (χ0n) is 25.9. The molecule has 0 atom stereocenters. The van der Waals surface area contributed by atoms with E-state index in [0.29, 0.717) is 22.5 Å². The molecule has 0 N–H and O–H groups in total. The molecule has 7 aromatic carbocycles. The maximum Gasteiger partial charge on any atom is 0.164 e. The van der Waals surface area contributed by atoms with Crippen LogP contribution in [0.4, 0.5) is 0 Å². The van der Waals surface area contributed by atoms with Gasteiger partial charge in [-0.15, -0.1) is 0 Å². The van der Waals surface area contributed by atoms with Gasteiger partial charge in [-0.05, 0) is 64.4 Å². The van der Waals surface area contributed by atoms with Gasteiger partial charge in [-0.25, -0.2) is 15.0 Å². The van der Waals surface area contributed by atoms with Crippen LogP contribution in [0.25, 0.3) is 99.9 Å². The summed E-state index contributed by atoms with van der Waals surface area (Å²) in [5.74, 6) is 1.67. The lowest BCUT2D eigenvalue weighted by Gasteiger charge is -2.11. The summed E-state index contributed by atoms with van der Waals surface area (Å²) in [6.45, 7) is 0. The maximum atomic E-state index is 6.54. The average molecular weight is 650 g/mol. The molecule has 3 aromatic heterocycles. The third-order valence-electron chi connectivity index (χ3n) is 9.19. The van der Waals surface area contributed by atoms with E-state index < -0.39 is 0 Å². The Kier molecular flexibility index (Phi) is 6.16. The van der Waals surface area contributed by atoms with Crippen LogP contribution in [0.3, 0.4) is 0 Å². The van der Waals surface area contributed by atoms with Crippen molar-refractivity contribution in [2.45, 2.75) is 0 Å². The zero-order chi connectivity index (χ0) is 32.5. The molecule has 10 aromatic rings. The topological polar surface area (TPSA) is 65.0 Å². The molecule has 6 heteroatoms. The molecule has 5 nitrogen and oxygen atoms in total. The third kappa shape index (κ3) is 4.51. The van der Waals surface area contributed by atoms with Gasteiger partial charge in [0.15, 0.2) is 17.5 Å². The van der Waals surface area contributed by atoms with E-state index in [2.05, 4.69) is 48.5 Å². The molecule has 0 radical (unpaired) electrons. The summed E-state index contributed by atoms with van der Waals surface area (Å²) < 4.78 is 12.7. The fraction of sp³-hybridized carbons (Fsp3) is 0. The van der Waals surface area contributed by atoms with Gasteiger partial charge in [0.05, 0.1) is 0 Å². The summed E-state index contributed by atoms with van der Waals surface area (Å²) >= 11 is 6.54. The Morgan fingerprint density at radius 1 is 0.388 bits per heavy atom. The Morgan fingerprint density at radius 3 is 1.82 bits per heavy atom. The number of hydrogen-bond donors (Lipinski definition) is 0. The third-order valence-corrected chi connectivity index (χ3v) is 9.42. The van der Waals surface area contributed by atoms with Gasteiger partial charge in [0.25, 0.3) is 0 Å². The lowest BCUT2D eigenvalue weighted by atomic mass is 10.00. The van der Waals surface area contributed by atoms with Gasteiger partial charge in [0.2, 0.25) is 0 Å². The lowest BCUT2D eigenvalue weighted by molar-refractivity contribution is 0.668. The number of hydrogen-bond acceptors (Lipinski definition) is 5. The van der Waals surface area contributed by atoms with Crippen LogP contribution in [0, 0.1) is 0 Å². The molecule has 0 fully saturated rings. The highest BCUT2D eigenvalue weighted by atomic mass is 35.5. The Hall–Kier alpha value is -6.30. The number of fused-ring (bicyclic) bond motifs is 8. The van der Waals surface area contributed by atoms with E-state index >= 15 is 0 Å². The minimum absolute atomic E-state index is 0.544. The Morgan fingerprint density at radius 2 is 0.980 bits per heavy atom. The molecule has 0 aliphatic carbocycles. The summed E-state index contributed by atoms with van der Waals surface area (Å²) in [6.07, 6.45) is 0. The number of nitrogens with zero attached hydrogens (tertiary/aromatic N) is 3. The summed E-state index contributed by atoms with van der Waals surface area (Å²) in [5, 5.41) is 6.62. The molecule has 0 aliphatic rings. The standard InChI is InChI=1S/C43H24ClN3O2/c44-29-21-19-26-20-22-37-40(33(26)24-29)39-32(15-8-18-36(39)49-37)43-46-41(28-12-6-11-27(23-28)25-9-2-1-3-10-25)45-42(47-43)31-14-7-17-35-38(31)30-13-4-5-16-34(30)48-35/h1-24H. The van der Waals surface area contributed by atoms with Crippen LogP contribution >= 0.6 is 11.6 Å². The molecular formula is C43H24ClN3O2. The van der Waals surface area contributed by atoms with E-state index in [1.807, 2.05) is 97.1 Å². The molecule has 0 bridgehead atoms. The summed E-state index contributed by atoms with van der Waals surface area (Å²) in [5.41, 5.74) is 7.91. The van der Waals surface area contributed by atoms with Gasteiger partial charge < -0.3 is 8.83 Å². The Bertz CT molecular complexity index is 2910. The van der Waals surface area contributed by atoms with E-state index in [4.69, 9.17) is 35.4 Å². The second-order valence-electron chi connectivity index (χ2n) is 12.1. The van der Waals surface area contributed by atoms with Crippen LogP contribution < -0.4 is 0 Å². The first-order valence-electron chi connectivity index (χ1n) is 16.0. The first kappa shape index (κ1) is 27.8. The van der Waals surface area contributed by atoms with Crippen LogP contribution in [-0.2, 0) is 0 Å². The largest absolute Gasteiger partial charge is 0.456 e. The van der Waals surface area contributed by atoms with Crippen molar-refractivity contribution in [3.05, 3.63) is 151 Å². The van der Waals surface area contributed by atoms with Crippen molar-refractivity contribution in [1.29, 1.82) is 0 Å². The number of rotatable bonds is 4. The predicted octanol–water partition coefficient (Wildman–Crippen LogP) is 12.1. The minimum Gasteiger partial charge on any atom is -0.456 e. The normalized spacial score (nSPS) is 11.8. The van der Waals surface area contributed by atoms with Crippen LogP contribution in [0.5, 0.6) is 0 Å². The highest BCUT2D eigenvalue weighted by Crippen LogP contribution is 2.42. The number of para-hydroxylation sites is 1. The lowest BCUT2D eigenvalue weighted by Crippen LogP contribution is -2.01. The minimum atomic E-state index is 0.544. The molecule has 0 saturated heterocycles. The first-order chi connectivity index (χ1) is 24.2. The van der Waals surface area contributed by atoms with Crippen LogP contribution in [-0.4, -0.2) is 15.0 Å².